The van der Waals surface area contributed by atoms with Crippen LogP contribution in [0.2, 0.25) is 0 Å². The van der Waals surface area contributed by atoms with Gasteiger partial charge in [0.1, 0.15) is 0 Å². The predicted molar refractivity (Wildman–Crippen MR) is 85.3 cm³/mol. The summed E-state index contributed by atoms with van der Waals surface area (Å²) in [6, 6.07) is 10.4. The minimum Gasteiger partial charge on any atom is -0.513 e. The second kappa shape index (κ2) is 11.0. The summed E-state index contributed by atoms with van der Waals surface area (Å²) in [5, 5.41) is 9.71. The van der Waals surface area contributed by atoms with Crippen molar-refractivity contribution < 1.29 is 5.11 Å². The van der Waals surface area contributed by atoms with Gasteiger partial charge in [-0.2, -0.15) is 0 Å². The third-order valence-corrected chi connectivity index (χ3v) is 3.86. The smallest absolute Gasteiger partial charge is 0.0882 e. The van der Waals surface area contributed by atoms with Crippen molar-refractivity contribution in [3.8, 4) is 0 Å². The number of aliphatic hydroxyl groups excluding tert-OH is 1. The van der Waals surface area contributed by atoms with Gasteiger partial charge in [-0.1, -0.05) is 44.4 Å². The van der Waals surface area contributed by atoms with Crippen molar-refractivity contribution in [2.45, 2.75) is 56.8 Å². The first-order valence-corrected chi connectivity index (χ1v) is 8.12. The highest BCUT2D eigenvalue weighted by Crippen LogP contribution is 2.22. The van der Waals surface area contributed by atoms with Gasteiger partial charge in [0.25, 0.3) is 0 Å². The van der Waals surface area contributed by atoms with Crippen LogP contribution in [0, 0.1) is 5.75 Å². The van der Waals surface area contributed by atoms with Gasteiger partial charge in [-0.25, -0.2) is 0 Å². The van der Waals surface area contributed by atoms with Crippen LogP contribution >= 0.6 is 11.8 Å². The zero-order chi connectivity index (χ0) is 13.8. The molecule has 0 saturated heterocycles. The van der Waals surface area contributed by atoms with Crippen LogP contribution in [0.4, 0.5) is 0 Å². The van der Waals surface area contributed by atoms with Gasteiger partial charge in [0.2, 0.25) is 0 Å². The molecule has 0 saturated carbocycles. The van der Waals surface area contributed by atoms with E-state index in [2.05, 4.69) is 36.9 Å². The van der Waals surface area contributed by atoms with Crippen LogP contribution < -0.4 is 0 Å². The van der Waals surface area contributed by atoms with Crippen molar-refractivity contribution >= 4 is 11.8 Å². The molecule has 0 fully saturated rings. The lowest BCUT2D eigenvalue weighted by Crippen LogP contribution is -1.83. The van der Waals surface area contributed by atoms with E-state index in [1.54, 1.807) is 11.8 Å². The summed E-state index contributed by atoms with van der Waals surface area (Å²) in [5.74, 6) is 2.77. The molecule has 0 aliphatic carbocycles. The van der Waals surface area contributed by atoms with Crippen molar-refractivity contribution in [2.75, 3.05) is 0 Å². The molecule has 19 heavy (non-hydrogen) atoms. The van der Waals surface area contributed by atoms with E-state index in [4.69, 9.17) is 0 Å². The molecule has 0 amide bonds. The second-order valence-corrected chi connectivity index (χ2v) is 5.72. The Kier molecular flexibility index (Phi) is 9.34. The zero-order valence-corrected chi connectivity index (χ0v) is 12.7. The summed E-state index contributed by atoms with van der Waals surface area (Å²) < 4.78 is 0. The highest BCUT2D eigenvalue weighted by molar-refractivity contribution is 8.01. The van der Waals surface area contributed by atoms with Crippen LogP contribution in [0.3, 0.4) is 0 Å². The van der Waals surface area contributed by atoms with Gasteiger partial charge in [0.05, 0.1) is 5.76 Å². The molecule has 1 N–H and O–H groups in total. The van der Waals surface area contributed by atoms with Crippen molar-refractivity contribution in [1.29, 1.82) is 0 Å². The number of thioether (sulfide) groups is 1. The summed E-state index contributed by atoms with van der Waals surface area (Å²) in [5.41, 5.74) is 0. The van der Waals surface area contributed by atoms with E-state index in [9.17, 15) is 5.11 Å². The molecule has 1 rings (SSSR count). The Balaban J connectivity index is 2.02. The van der Waals surface area contributed by atoms with E-state index in [0.29, 0.717) is 5.76 Å². The number of allylic oxidation sites excluding steroid dienone is 2. The average molecular weight is 277 g/mol. The second-order valence-electron chi connectivity index (χ2n) is 4.68. The third kappa shape index (κ3) is 8.77. The number of hydrogen-bond donors (Lipinski definition) is 1. The normalized spacial score (nSPS) is 11.7. The Labute approximate surface area is 122 Å². The SMILES string of the molecule is CCCCCC/C(O)=C/CC[CH]Sc1ccccc1. The fourth-order valence-corrected chi connectivity index (χ4v) is 2.57. The molecule has 0 aliphatic rings. The lowest BCUT2D eigenvalue weighted by atomic mass is 10.1. The molecule has 0 heterocycles. The number of benzene rings is 1. The molecule has 2 heteroatoms. The van der Waals surface area contributed by atoms with Crippen LogP contribution in [-0.4, -0.2) is 5.11 Å². The molecule has 1 nitrogen and oxygen atoms in total. The summed E-state index contributed by atoms with van der Waals surface area (Å²) in [6.45, 7) is 2.20. The minimum absolute atomic E-state index is 0.564. The van der Waals surface area contributed by atoms with Gasteiger partial charge in [0.15, 0.2) is 0 Å². The largest absolute Gasteiger partial charge is 0.513 e. The van der Waals surface area contributed by atoms with Crippen LogP contribution in [0.25, 0.3) is 0 Å². The summed E-state index contributed by atoms with van der Waals surface area (Å²) >= 11 is 1.76. The number of unbranched alkanes of at least 4 members (excludes halogenated alkanes) is 4. The molecule has 1 aromatic rings. The number of rotatable bonds is 10. The highest BCUT2D eigenvalue weighted by Gasteiger charge is 1.95. The van der Waals surface area contributed by atoms with Crippen LogP contribution in [0.15, 0.2) is 47.1 Å². The molecule has 0 bridgehead atoms. The molecule has 0 aliphatic heterocycles. The van der Waals surface area contributed by atoms with E-state index in [-0.39, 0.29) is 0 Å². The quantitative estimate of drug-likeness (QED) is 0.315. The van der Waals surface area contributed by atoms with Gasteiger partial charge in [-0.3, -0.25) is 0 Å². The van der Waals surface area contributed by atoms with Crippen molar-refractivity contribution in [1.82, 2.24) is 0 Å². The molecule has 0 spiro atoms. The maximum Gasteiger partial charge on any atom is 0.0882 e. The number of hydrogen-bond acceptors (Lipinski definition) is 2. The summed E-state index contributed by atoms with van der Waals surface area (Å²) in [6.07, 6.45) is 9.59. The topological polar surface area (TPSA) is 20.2 Å². The van der Waals surface area contributed by atoms with Crippen LogP contribution in [0.5, 0.6) is 0 Å². The third-order valence-electron chi connectivity index (χ3n) is 2.91. The Morgan fingerprint density at radius 3 is 2.63 bits per heavy atom. The van der Waals surface area contributed by atoms with Crippen molar-refractivity contribution in [3.05, 3.63) is 47.9 Å². The lowest BCUT2D eigenvalue weighted by molar-refractivity contribution is 0.378. The molecule has 1 radical (unpaired) electrons. The maximum absolute atomic E-state index is 9.71. The van der Waals surface area contributed by atoms with Crippen molar-refractivity contribution in [2.24, 2.45) is 0 Å². The first-order valence-electron chi connectivity index (χ1n) is 7.24. The molecule has 0 atom stereocenters. The summed E-state index contributed by atoms with van der Waals surface area (Å²) in [7, 11) is 0. The molecular weight excluding hydrogens is 252 g/mol. The minimum atomic E-state index is 0.564. The Morgan fingerprint density at radius 2 is 1.89 bits per heavy atom. The Morgan fingerprint density at radius 1 is 1.11 bits per heavy atom. The van der Waals surface area contributed by atoms with Gasteiger partial charge in [-0.05, 0) is 37.5 Å². The lowest BCUT2D eigenvalue weighted by Gasteiger charge is -2.01. The summed E-state index contributed by atoms with van der Waals surface area (Å²) in [4.78, 5) is 1.27. The molecular formula is C17H25OS. The van der Waals surface area contributed by atoms with Gasteiger partial charge >= 0.3 is 0 Å². The highest BCUT2D eigenvalue weighted by atomic mass is 32.2. The van der Waals surface area contributed by atoms with E-state index in [1.807, 2.05) is 12.1 Å². The first-order chi connectivity index (χ1) is 9.33. The zero-order valence-electron chi connectivity index (χ0n) is 11.8. The van der Waals surface area contributed by atoms with Gasteiger partial charge in [-0.15, -0.1) is 11.8 Å². The molecule has 0 aromatic heterocycles. The van der Waals surface area contributed by atoms with E-state index in [0.717, 1.165) is 25.7 Å². The van der Waals surface area contributed by atoms with E-state index < -0.39 is 0 Å². The van der Waals surface area contributed by atoms with E-state index in [1.165, 1.54) is 24.2 Å². The molecule has 0 unspecified atom stereocenters. The monoisotopic (exact) mass is 277 g/mol. The Hall–Kier alpha value is -0.890. The Bertz CT molecular complexity index is 346. The van der Waals surface area contributed by atoms with Crippen LogP contribution in [0.1, 0.15) is 51.9 Å². The average Bonchev–Trinajstić information content (AvgIpc) is 2.44. The van der Waals surface area contributed by atoms with Crippen LogP contribution in [-0.2, 0) is 0 Å². The fourth-order valence-electron chi connectivity index (χ4n) is 1.81. The predicted octanol–water partition coefficient (Wildman–Crippen LogP) is 6.13. The number of aliphatic hydroxyl groups is 1. The van der Waals surface area contributed by atoms with Crippen molar-refractivity contribution in [3.63, 3.8) is 0 Å². The molecule has 1 aromatic carbocycles. The maximum atomic E-state index is 9.71. The standard InChI is InChI=1S/C17H25OS/c1-2-3-4-6-11-16(18)12-9-10-15-19-17-13-7-5-8-14-17/h5,7-8,12-15,18H,2-4,6,9-11H2,1H3/b16-12-. The van der Waals surface area contributed by atoms with Gasteiger partial charge in [0, 0.05) is 17.1 Å². The fraction of sp³-hybridized carbons (Fsp3) is 0.471. The van der Waals surface area contributed by atoms with E-state index >= 15 is 0 Å². The molecule has 105 valence electrons. The van der Waals surface area contributed by atoms with Gasteiger partial charge < -0.3 is 5.11 Å². The first kappa shape index (κ1) is 16.2.